The van der Waals surface area contributed by atoms with E-state index in [0.717, 1.165) is 11.1 Å². The maximum absolute atomic E-state index is 11.2. The van der Waals surface area contributed by atoms with Gasteiger partial charge in [-0.1, -0.05) is 35.9 Å². The minimum Gasteiger partial charge on any atom is -0.366 e. The Morgan fingerprint density at radius 3 is 2.22 bits per heavy atom. The zero-order chi connectivity index (χ0) is 13.3. The fourth-order valence-corrected chi connectivity index (χ4v) is 2.25. The normalized spacial score (nSPS) is 10.4. The zero-order valence-corrected chi connectivity index (χ0v) is 10.9. The Bertz CT molecular complexity index is 614. The molecule has 0 heterocycles. The predicted octanol–water partition coefficient (Wildman–Crippen LogP) is 3.38. The molecule has 0 saturated carbocycles. The number of hydrogen-bond acceptors (Lipinski definition) is 1. The molecule has 0 unspecified atom stereocenters. The monoisotopic (exact) mass is 239 g/mol. The van der Waals surface area contributed by atoms with Crippen molar-refractivity contribution in [3.8, 4) is 11.1 Å². The van der Waals surface area contributed by atoms with Gasteiger partial charge >= 0.3 is 0 Å². The van der Waals surface area contributed by atoms with Crippen LogP contribution in [0.4, 0.5) is 0 Å². The molecule has 0 aromatic heterocycles. The summed E-state index contributed by atoms with van der Waals surface area (Å²) in [5.74, 6) is -0.375. The van der Waals surface area contributed by atoms with Gasteiger partial charge in [0, 0.05) is 5.56 Å². The van der Waals surface area contributed by atoms with Crippen LogP contribution in [-0.4, -0.2) is 5.91 Å². The van der Waals surface area contributed by atoms with Crippen molar-refractivity contribution in [1.82, 2.24) is 0 Å². The first-order valence-electron chi connectivity index (χ1n) is 5.97. The second kappa shape index (κ2) is 4.65. The molecule has 0 aliphatic heterocycles. The number of primary amides is 1. The minimum absolute atomic E-state index is 0.375. The molecule has 1 amide bonds. The van der Waals surface area contributed by atoms with Crippen LogP contribution in [0, 0.1) is 20.8 Å². The molecule has 0 aliphatic carbocycles. The van der Waals surface area contributed by atoms with Crippen LogP contribution in [0.25, 0.3) is 11.1 Å². The highest BCUT2D eigenvalue weighted by Crippen LogP contribution is 2.26. The Morgan fingerprint density at radius 2 is 1.67 bits per heavy atom. The van der Waals surface area contributed by atoms with Gasteiger partial charge in [-0.15, -0.1) is 0 Å². The fraction of sp³-hybridized carbons (Fsp3) is 0.188. The van der Waals surface area contributed by atoms with E-state index in [1.165, 1.54) is 16.7 Å². The summed E-state index contributed by atoms with van der Waals surface area (Å²) >= 11 is 0. The molecule has 2 rings (SSSR count). The molecule has 0 bridgehead atoms. The highest BCUT2D eigenvalue weighted by atomic mass is 16.1. The highest BCUT2D eigenvalue weighted by molar-refractivity contribution is 5.95. The van der Waals surface area contributed by atoms with Gasteiger partial charge in [0.1, 0.15) is 0 Å². The summed E-state index contributed by atoms with van der Waals surface area (Å²) in [5.41, 5.74) is 11.6. The number of carbonyl (C=O) groups excluding carboxylic acids is 1. The molecule has 2 nitrogen and oxygen atoms in total. The Morgan fingerprint density at radius 1 is 0.944 bits per heavy atom. The Labute approximate surface area is 107 Å². The van der Waals surface area contributed by atoms with Gasteiger partial charge < -0.3 is 5.73 Å². The molecule has 0 saturated heterocycles. The molecule has 0 radical (unpaired) electrons. The van der Waals surface area contributed by atoms with Crippen molar-refractivity contribution < 1.29 is 4.79 Å². The summed E-state index contributed by atoms with van der Waals surface area (Å²) < 4.78 is 0. The van der Waals surface area contributed by atoms with Crippen LogP contribution in [-0.2, 0) is 0 Å². The summed E-state index contributed by atoms with van der Waals surface area (Å²) in [4.78, 5) is 11.2. The highest BCUT2D eigenvalue weighted by Gasteiger charge is 2.07. The van der Waals surface area contributed by atoms with E-state index in [1.54, 1.807) is 6.07 Å². The van der Waals surface area contributed by atoms with Crippen LogP contribution >= 0.6 is 0 Å². The second-order valence-electron chi connectivity index (χ2n) is 4.71. The van der Waals surface area contributed by atoms with Gasteiger partial charge in [-0.25, -0.2) is 0 Å². The number of nitrogens with two attached hydrogens (primary N) is 1. The zero-order valence-electron chi connectivity index (χ0n) is 10.9. The standard InChI is InChI=1S/C16H17NO/c1-10-4-6-14(11(2)8-10)13-5-7-15(16(17)18)12(3)9-13/h4-9H,1-3H3,(H2,17,18). The van der Waals surface area contributed by atoms with Crippen molar-refractivity contribution in [1.29, 1.82) is 0 Å². The van der Waals surface area contributed by atoms with Crippen molar-refractivity contribution in [2.24, 2.45) is 5.73 Å². The number of amides is 1. The average Bonchev–Trinajstić information content (AvgIpc) is 2.28. The van der Waals surface area contributed by atoms with Gasteiger partial charge in [-0.3, -0.25) is 4.79 Å². The summed E-state index contributed by atoms with van der Waals surface area (Å²) in [6.45, 7) is 6.09. The lowest BCUT2D eigenvalue weighted by Gasteiger charge is -2.09. The third-order valence-corrected chi connectivity index (χ3v) is 3.18. The van der Waals surface area contributed by atoms with Crippen molar-refractivity contribution in [2.45, 2.75) is 20.8 Å². The van der Waals surface area contributed by atoms with Gasteiger partial charge in [0.25, 0.3) is 0 Å². The lowest BCUT2D eigenvalue weighted by Crippen LogP contribution is -2.12. The Hall–Kier alpha value is -2.09. The van der Waals surface area contributed by atoms with E-state index in [1.807, 2.05) is 19.1 Å². The van der Waals surface area contributed by atoms with Crippen LogP contribution in [0.5, 0.6) is 0 Å². The first-order chi connectivity index (χ1) is 8.49. The molecule has 0 spiro atoms. The Balaban J connectivity index is 2.52. The largest absolute Gasteiger partial charge is 0.366 e. The van der Waals surface area contributed by atoms with Crippen LogP contribution < -0.4 is 5.73 Å². The SMILES string of the molecule is Cc1ccc(-c2ccc(C(N)=O)c(C)c2)c(C)c1. The molecular weight excluding hydrogens is 222 g/mol. The molecule has 0 aliphatic rings. The topological polar surface area (TPSA) is 43.1 Å². The van der Waals surface area contributed by atoms with Crippen LogP contribution in [0.1, 0.15) is 27.0 Å². The van der Waals surface area contributed by atoms with E-state index >= 15 is 0 Å². The van der Waals surface area contributed by atoms with Crippen molar-refractivity contribution in [3.63, 3.8) is 0 Å². The number of hydrogen-bond donors (Lipinski definition) is 1. The van der Waals surface area contributed by atoms with Gasteiger partial charge in [-0.05, 0) is 49.1 Å². The molecule has 2 N–H and O–H groups in total. The number of carbonyl (C=O) groups is 1. The first kappa shape index (κ1) is 12.4. The Kier molecular flexibility index (Phi) is 3.19. The summed E-state index contributed by atoms with van der Waals surface area (Å²) in [7, 11) is 0. The smallest absolute Gasteiger partial charge is 0.248 e. The van der Waals surface area contributed by atoms with Gasteiger partial charge in [-0.2, -0.15) is 0 Å². The van der Waals surface area contributed by atoms with Crippen LogP contribution in [0.3, 0.4) is 0 Å². The molecule has 18 heavy (non-hydrogen) atoms. The quantitative estimate of drug-likeness (QED) is 0.857. The average molecular weight is 239 g/mol. The van der Waals surface area contributed by atoms with E-state index in [-0.39, 0.29) is 5.91 Å². The maximum Gasteiger partial charge on any atom is 0.248 e. The molecule has 2 aromatic rings. The number of benzene rings is 2. The van der Waals surface area contributed by atoms with Crippen LogP contribution in [0.15, 0.2) is 36.4 Å². The predicted molar refractivity (Wildman–Crippen MR) is 74.6 cm³/mol. The summed E-state index contributed by atoms with van der Waals surface area (Å²) in [5, 5.41) is 0. The number of rotatable bonds is 2. The summed E-state index contributed by atoms with van der Waals surface area (Å²) in [6, 6.07) is 12.1. The molecular formula is C16H17NO. The van der Waals surface area contributed by atoms with E-state index < -0.39 is 0 Å². The van der Waals surface area contributed by atoms with Gasteiger partial charge in [0.05, 0.1) is 0 Å². The minimum atomic E-state index is -0.375. The van der Waals surface area contributed by atoms with E-state index in [2.05, 4.69) is 32.0 Å². The van der Waals surface area contributed by atoms with Crippen molar-refractivity contribution in [2.75, 3.05) is 0 Å². The van der Waals surface area contributed by atoms with Crippen molar-refractivity contribution in [3.05, 3.63) is 58.7 Å². The van der Waals surface area contributed by atoms with Gasteiger partial charge in [0.2, 0.25) is 5.91 Å². The van der Waals surface area contributed by atoms with Crippen molar-refractivity contribution >= 4 is 5.91 Å². The third-order valence-electron chi connectivity index (χ3n) is 3.18. The second-order valence-corrected chi connectivity index (χ2v) is 4.71. The number of aryl methyl sites for hydroxylation is 3. The third kappa shape index (κ3) is 2.28. The fourth-order valence-electron chi connectivity index (χ4n) is 2.25. The lowest BCUT2D eigenvalue weighted by molar-refractivity contribution is 0.1000. The van der Waals surface area contributed by atoms with E-state index in [9.17, 15) is 4.79 Å². The maximum atomic E-state index is 11.2. The first-order valence-corrected chi connectivity index (χ1v) is 5.97. The summed E-state index contributed by atoms with van der Waals surface area (Å²) in [6.07, 6.45) is 0. The molecule has 0 atom stereocenters. The molecule has 2 heteroatoms. The molecule has 92 valence electrons. The van der Waals surface area contributed by atoms with Gasteiger partial charge in [0.15, 0.2) is 0 Å². The molecule has 2 aromatic carbocycles. The molecule has 0 fully saturated rings. The van der Waals surface area contributed by atoms with E-state index in [4.69, 9.17) is 5.73 Å². The van der Waals surface area contributed by atoms with E-state index in [0.29, 0.717) is 5.56 Å². The lowest BCUT2D eigenvalue weighted by atomic mass is 9.95. The van der Waals surface area contributed by atoms with Crippen LogP contribution in [0.2, 0.25) is 0 Å².